The zero-order chi connectivity index (χ0) is 15.3. The van der Waals surface area contributed by atoms with E-state index in [1.165, 1.54) is 6.07 Å². The normalized spacial score (nSPS) is 16.5. The molecular formula is C14H19ClF2N2O3. The van der Waals surface area contributed by atoms with E-state index in [1.807, 2.05) is 0 Å². The van der Waals surface area contributed by atoms with Crippen molar-refractivity contribution in [2.75, 3.05) is 26.4 Å². The molecule has 0 unspecified atom stereocenters. The Kier molecular flexibility index (Phi) is 6.99. The van der Waals surface area contributed by atoms with Gasteiger partial charge in [0.15, 0.2) is 11.6 Å². The van der Waals surface area contributed by atoms with Crippen molar-refractivity contribution in [1.29, 1.82) is 0 Å². The molecule has 1 amide bonds. The molecule has 1 aliphatic rings. The van der Waals surface area contributed by atoms with Gasteiger partial charge in [0.05, 0.1) is 12.1 Å². The molecule has 8 heteroatoms. The summed E-state index contributed by atoms with van der Waals surface area (Å²) in [6.45, 7) is 1.18. The van der Waals surface area contributed by atoms with Gasteiger partial charge < -0.3 is 20.5 Å². The fraction of sp³-hybridized carbons (Fsp3) is 0.500. The Bertz CT molecular complexity index is 511. The number of halogens is 3. The summed E-state index contributed by atoms with van der Waals surface area (Å²) in [5.41, 5.74) is 5.08. The highest BCUT2D eigenvalue weighted by Crippen LogP contribution is 2.18. The number of carbonyl (C=O) groups is 1. The average molecular weight is 337 g/mol. The molecule has 1 saturated heterocycles. The highest BCUT2D eigenvalue weighted by atomic mass is 35.5. The molecule has 5 nitrogen and oxygen atoms in total. The lowest BCUT2D eigenvalue weighted by Gasteiger charge is -2.31. The van der Waals surface area contributed by atoms with E-state index in [9.17, 15) is 13.6 Å². The zero-order valence-corrected chi connectivity index (χ0v) is 12.8. The molecule has 0 aromatic heterocycles. The highest BCUT2D eigenvalue weighted by Gasteiger charge is 2.35. The minimum atomic E-state index is -0.917. The first-order valence-electron chi connectivity index (χ1n) is 6.74. The number of ether oxygens (including phenoxy) is 2. The third-order valence-corrected chi connectivity index (χ3v) is 3.38. The maximum absolute atomic E-state index is 13.3. The van der Waals surface area contributed by atoms with Crippen molar-refractivity contribution in [3.63, 3.8) is 0 Å². The van der Waals surface area contributed by atoms with Crippen molar-refractivity contribution < 1.29 is 23.0 Å². The van der Waals surface area contributed by atoms with E-state index in [4.69, 9.17) is 15.2 Å². The molecule has 0 saturated carbocycles. The second-order valence-electron chi connectivity index (χ2n) is 4.95. The van der Waals surface area contributed by atoms with Crippen LogP contribution >= 0.6 is 12.4 Å². The SMILES string of the molecule is Cl.NC1(C(=O)NCCOc2ccc(F)cc2F)CCOCC1. The molecule has 0 atom stereocenters. The predicted octanol–water partition coefficient (Wildman–Crippen LogP) is 1.39. The van der Waals surface area contributed by atoms with Gasteiger partial charge in [0.25, 0.3) is 0 Å². The maximum Gasteiger partial charge on any atom is 0.240 e. The summed E-state index contributed by atoms with van der Waals surface area (Å²) in [5.74, 6) is -1.77. The van der Waals surface area contributed by atoms with E-state index in [0.29, 0.717) is 26.1 Å². The predicted molar refractivity (Wildman–Crippen MR) is 79.1 cm³/mol. The Morgan fingerprint density at radius 1 is 1.36 bits per heavy atom. The number of hydrogen-bond donors (Lipinski definition) is 2. The molecule has 0 bridgehead atoms. The van der Waals surface area contributed by atoms with Crippen molar-refractivity contribution >= 4 is 18.3 Å². The van der Waals surface area contributed by atoms with Crippen LogP contribution in [-0.2, 0) is 9.53 Å². The molecule has 0 radical (unpaired) electrons. The van der Waals surface area contributed by atoms with Gasteiger partial charge in [-0.25, -0.2) is 8.78 Å². The van der Waals surface area contributed by atoms with Gasteiger partial charge in [0, 0.05) is 19.3 Å². The van der Waals surface area contributed by atoms with Crippen molar-refractivity contribution in [2.45, 2.75) is 18.4 Å². The number of hydrogen-bond acceptors (Lipinski definition) is 4. The summed E-state index contributed by atoms with van der Waals surface area (Å²) >= 11 is 0. The van der Waals surface area contributed by atoms with Crippen LogP contribution in [0, 0.1) is 11.6 Å². The molecule has 0 aliphatic carbocycles. The summed E-state index contributed by atoms with van der Waals surface area (Å²) in [7, 11) is 0. The van der Waals surface area contributed by atoms with Gasteiger partial charge in [0.1, 0.15) is 12.4 Å². The number of amides is 1. The van der Waals surface area contributed by atoms with Gasteiger partial charge >= 0.3 is 0 Å². The van der Waals surface area contributed by atoms with Crippen LogP contribution in [0.3, 0.4) is 0 Å². The molecule has 3 N–H and O–H groups in total. The van der Waals surface area contributed by atoms with Crippen molar-refractivity contribution in [2.24, 2.45) is 5.73 Å². The fourth-order valence-electron chi connectivity index (χ4n) is 2.06. The van der Waals surface area contributed by atoms with Gasteiger partial charge in [-0.05, 0) is 25.0 Å². The number of nitrogens with two attached hydrogens (primary N) is 1. The summed E-state index contributed by atoms with van der Waals surface area (Å²) in [6, 6.07) is 3.05. The number of nitrogens with one attached hydrogen (secondary N) is 1. The molecule has 22 heavy (non-hydrogen) atoms. The average Bonchev–Trinajstić information content (AvgIpc) is 2.46. The summed E-state index contributed by atoms with van der Waals surface area (Å²) in [6.07, 6.45) is 0.929. The molecule has 1 aliphatic heterocycles. The van der Waals surface area contributed by atoms with Gasteiger partial charge in [-0.15, -0.1) is 12.4 Å². The third-order valence-electron chi connectivity index (χ3n) is 3.38. The number of carbonyl (C=O) groups excluding carboxylic acids is 1. The topological polar surface area (TPSA) is 73.6 Å². The molecule has 2 rings (SSSR count). The van der Waals surface area contributed by atoms with E-state index in [0.717, 1.165) is 12.1 Å². The Morgan fingerprint density at radius 2 is 2.05 bits per heavy atom. The summed E-state index contributed by atoms with van der Waals surface area (Å²) in [5, 5.41) is 2.65. The Balaban J connectivity index is 0.00000242. The third kappa shape index (κ3) is 4.79. The first kappa shape index (κ1) is 18.6. The largest absolute Gasteiger partial charge is 0.489 e. The summed E-state index contributed by atoms with van der Waals surface area (Å²) < 4.78 is 36.3. The first-order chi connectivity index (χ1) is 10.0. The highest BCUT2D eigenvalue weighted by molar-refractivity contribution is 5.86. The van der Waals surface area contributed by atoms with E-state index in [-0.39, 0.29) is 37.2 Å². The second-order valence-corrected chi connectivity index (χ2v) is 4.95. The van der Waals surface area contributed by atoms with Gasteiger partial charge in [0.2, 0.25) is 5.91 Å². The van der Waals surface area contributed by atoms with Crippen LogP contribution in [0.1, 0.15) is 12.8 Å². The van der Waals surface area contributed by atoms with Gasteiger partial charge in [-0.2, -0.15) is 0 Å². The maximum atomic E-state index is 13.3. The van der Waals surface area contributed by atoms with Crippen molar-refractivity contribution in [3.05, 3.63) is 29.8 Å². The number of benzene rings is 1. The molecule has 1 aromatic carbocycles. The van der Waals surface area contributed by atoms with Crippen molar-refractivity contribution in [1.82, 2.24) is 5.32 Å². The van der Waals surface area contributed by atoms with E-state index < -0.39 is 17.2 Å². The molecule has 124 valence electrons. The molecule has 1 aromatic rings. The van der Waals surface area contributed by atoms with Crippen LogP contribution in [0.15, 0.2) is 18.2 Å². The first-order valence-corrected chi connectivity index (χ1v) is 6.74. The van der Waals surface area contributed by atoms with Crippen molar-refractivity contribution in [3.8, 4) is 5.75 Å². The van der Waals surface area contributed by atoms with Gasteiger partial charge in [-0.1, -0.05) is 0 Å². The lowest BCUT2D eigenvalue weighted by Crippen LogP contribution is -2.57. The van der Waals surface area contributed by atoms with E-state index >= 15 is 0 Å². The molecular weight excluding hydrogens is 318 g/mol. The standard InChI is InChI=1S/C14H18F2N2O3.ClH/c15-10-1-2-12(11(16)9-10)21-8-5-18-13(19)14(17)3-6-20-7-4-14;/h1-2,9H,3-8,17H2,(H,18,19);1H. The summed E-state index contributed by atoms with van der Waals surface area (Å²) in [4.78, 5) is 12.0. The van der Waals surface area contributed by atoms with Crippen LogP contribution in [-0.4, -0.2) is 37.8 Å². The second kappa shape index (κ2) is 8.26. The smallest absolute Gasteiger partial charge is 0.240 e. The Morgan fingerprint density at radius 3 is 2.68 bits per heavy atom. The lowest BCUT2D eigenvalue weighted by molar-refractivity contribution is -0.129. The van der Waals surface area contributed by atoms with E-state index in [2.05, 4.69) is 5.32 Å². The van der Waals surface area contributed by atoms with Crippen LogP contribution < -0.4 is 15.8 Å². The van der Waals surface area contributed by atoms with Crippen LogP contribution in [0.2, 0.25) is 0 Å². The lowest BCUT2D eigenvalue weighted by atomic mass is 9.90. The van der Waals surface area contributed by atoms with Gasteiger partial charge in [-0.3, -0.25) is 4.79 Å². The van der Waals surface area contributed by atoms with Crippen LogP contribution in [0.5, 0.6) is 5.75 Å². The number of rotatable bonds is 5. The Hall–Kier alpha value is -1.44. The van der Waals surface area contributed by atoms with Crippen LogP contribution in [0.25, 0.3) is 0 Å². The molecule has 1 heterocycles. The molecule has 0 spiro atoms. The minimum Gasteiger partial charge on any atom is -0.489 e. The quantitative estimate of drug-likeness (QED) is 0.797. The monoisotopic (exact) mass is 336 g/mol. The minimum absolute atomic E-state index is 0. The van der Waals surface area contributed by atoms with E-state index in [1.54, 1.807) is 0 Å². The molecule has 1 fully saturated rings. The van der Waals surface area contributed by atoms with Crippen LogP contribution in [0.4, 0.5) is 8.78 Å². The zero-order valence-electron chi connectivity index (χ0n) is 11.9. The fourth-order valence-corrected chi connectivity index (χ4v) is 2.06. The Labute approximate surface area is 133 Å².